The number of nitrogen functional groups attached to an aromatic ring is 1. The Balaban J connectivity index is 2.56. The van der Waals surface area contributed by atoms with E-state index in [0.29, 0.717) is 0 Å². The van der Waals surface area contributed by atoms with Crippen molar-refractivity contribution in [1.82, 2.24) is 4.90 Å². The first-order chi connectivity index (χ1) is 7.13. The van der Waals surface area contributed by atoms with E-state index in [2.05, 4.69) is 40.9 Å². The Morgan fingerprint density at radius 3 is 2.73 bits per heavy atom. The van der Waals surface area contributed by atoms with E-state index < -0.39 is 0 Å². The molecular formula is C12H19BrN2. The molecule has 0 aliphatic rings. The fourth-order valence-corrected chi connectivity index (χ4v) is 2.01. The Bertz CT molecular complexity index is 312. The molecule has 3 heteroatoms. The molecule has 0 bridgehead atoms. The van der Waals surface area contributed by atoms with E-state index in [0.717, 1.165) is 23.2 Å². The minimum Gasteiger partial charge on any atom is -0.399 e. The summed E-state index contributed by atoms with van der Waals surface area (Å²) in [4.78, 5) is 2.33. The van der Waals surface area contributed by atoms with Crippen molar-refractivity contribution in [2.45, 2.75) is 26.3 Å². The van der Waals surface area contributed by atoms with E-state index in [1.165, 1.54) is 18.4 Å². The summed E-state index contributed by atoms with van der Waals surface area (Å²) in [5.41, 5.74) is 7.80. The van der Waals surface area contributed by atoms with Crippen molar-refractivity contribution < 1.29 is 0 Å². The molecule has 1 rings (SSSR count). The van der Waals surface area contributed by atoms with Crippen LogP contribution in [0.5, 0.6) is 0 Å². The second-order valence-electron chi connectivity index (χ2n) is 3.94. The van der Waals surface area contributed by atoms with Gasteiger partial charge in [-0.3, -0.25) is 0 Å². The molecule has 84 valence electrons. The van der Waals surface area contributed by atoms with Crippen LogP contribution in [0.4, 0.5) is 5.69 Å². The third-order valence-corrected chi connectivity index (χ3v) is 3.15. The molecule has 2 N–H and O–H groups in total. The van der Waals surface area contributed by atoms with Gasteiger partial charge in [-0.05, 0) is 37.7 Å². The number of halogens is 1. The summed E-state index contributed by atoms with van der Waals surface area (Å²) in [6, 6.07) is 6.00. The Morgan fingerprint density at radius 2 is 2.13 bits per heavy atom. The van der Waals surface area contributed by atoms with Crippen molar-refractivity contribution in [1.29, 1.82) is 0 Å². The number of hydrogen-bond donors (Lipinski definition) is 1. The molecule has 1 aromatic rings. The SMILES string of the molecule is CCCCN(C)Cc1ccc(N)cc1Br. The number of benzene rings is 1. The van der Waals surface area contributed by atoms with Gasteiger partial charge in [-0.1, -0.05) is 35.3 Å². The maximum atomic E-state index is 5.69. The third-order valence-electron chi connectivity index (χ3n) is 2.41. The molecule has 0 aromatic heterocycles. The lowest BCUT2D eigenvalue weighted by Gasteiger charge is -2.17. The fourth-order valence-electron chi connectivity index (χ4n) is 1.49. The summed E-state index contributed by atoms with van der Waals surface area (Å²) < 4.78 is 1.10. The lowest BCUT2D eigenvalue weighted by atomic mass is 10.2. The van der Waals surface area contributed by atoms with Crippen LogP contribution in [0, 0.1) is 0 Å². The van der Waals surface area contributed by atoms with Crippen LogP contribution in [0.25, 0.3) is 0 Å². The quantitative estimate of drug-likeness (QED) is 0.833. The van der Waals surface area contributed by atoms with Gasteiger partial charge in [-0.15, -0.1) is 0 Å². The zero-order valence-corrected chi connectivity index (χ0v) is 11.0. The zero-order valence-electron chi connectivity index (χ0n) is 9.46. The topological polar surface area (TPSA) is 29.3 Å². The van der Waals surface area contributed by atoms with Gasteiger partial charge in [-0.2, -0.15) is 0 Å². The van der Waals surface area contributed by atoms with Crippen LogP contribution in [0.3, 0.4) is 0 Å². The van der Waals surface area contributed by atoms with Gasteiger partial charge in [0.25, 0.3) is 0 Å². The Labute approximate surface area is 101 Å². The number of anilines is 1. The van der Waals surface area contributed by atoms with Gasteiger partial charge in [0.15, 0.2) is 0 Å². The molecule has 0 saturated carbocycles. The summed E-state index contributed by atoms with van der Waals surface area (Å²) in [6.45, 7) is 4.33. The van der Waals surface area contributed by atoms with Crippen LogP contribution in [-0.2, 0) is 6.54 Å². The Kier molecular flexibility index (Phi) is 5.12. The van der Waals surface area contributed by atoms with Crippen LogP contribution < -0.4 is 5.73 Å². The van der Waals surface area contributed by atoms with Crippen molar-refractivity contribution in [3.8, 4) is 0 Å². The molecule has 0 saturated heterocycles. The van der Waals surface area contributed by atoms with Crippen molar-refractivity contribution in [3.63, 3.8) is 0 Å². The maximum Gasteiger partial charge on any atom is 0.0325 e. The van der Waals surface area contributed by atoms with Gasteiger partial charge in [-0.25, -0.2) is 0 Å². The predicted molar refractivity (Wildman–Crippen MR) is 69.8 cm³/mol. The largest absolute Gasteiger partial charge is 0.399 e. The average Bonchev–Trinajstić information content (AvgIpc) is 2.19. The summed E-state index contributed by atoms with van der Waals surface area (Å²) in [6.07, 6.45) is 2.50. The van der Waals surface area contributed by atoms with Crippen LogP contribution in [0.15, 0.2) is 22.7 Å². The third kappa shape index (κ3) is 4.22. The number of nitrogens with two attached hydrogens (primary N) is 1. The van der Waals surface area contributed by atoms with Gasteiger partial charge < -0.3 is 10.6 Å². The van der Waals surface area contributed by atoms with E-state index in [9.17, 15) is 0 Å². The highest BCUT2D eigenvalue weighted by Gasteiger charge is 2.03. The van der Waals surface area contributed by atoms with E-state index in [4.69, 9.17) is 5.73 Å². The molecular weight excluding hydrogens is 252 g/mol. The lowest BCUT2D eigenvalue weighted by molar-refractivity contribution is 0.320. The minimum atomic E-state index is 0.807. The van der Waals surface area contributed by atoms with Crippen LogP contribution in [-0.4, -0.2) is 18.5 Å². The number of hydrogen-bond acceptors (Lipinski definition) is 2. The Morgan fingerprint density at radius 1 is 1.40 bits per heavy atom. The van der Waals surface area contributed by atoms with Gasteiger partial charge in [0.05, 0.1) is 0 Å². The molecule has 0 heterocycles. The first-order valence-corrected chi connectivity index (χ1v) is 6.15. The van der Waals surface area contributed by atoms with Crippen molar-refractivity contribution in [2.24, 2.45) is 0 Å². The molecule has 0 unspecified atom stereocenters. The number of rotatable bonds is 5. The molecule has 0 aliphatic carbocycles. The van der Waals surface area contributed by atoms with Crippen LogP contribution in [0.2, 0.25) is 0 Å². The smallest absolute Gasteiger partial charge is 0.0325 e. The highest BCUT2D eigenvalue weighted by molar-refractivity contribution is 9.10. The average molecular weight is 271 g/mol. The molecule has 0 radical (unpaired) electrons. The summed E-state index contributed by atoms with van der Waals surface area (Å²) in [7, 11) is 2.15. The molecule has 2 nitrogen and oxygen atoms in total. The molecule has 15 heavy (non-hydrogen) atoms. The van der Waals surface area contributed by atoms with Crippen LogP contribution in [0.1, 0.15) is 25.3 Å². The highest BCUT2D eigenvalue weighted by atomic mass is 79.9. The first kappa shape index (κ1) is 12.5. The number of unbranched alkanes of at least 4 members (excludes halogenated alkanes) is 1. The fraction of sp³-hybridized carbons (Fsp3) is 0.500. The highest BCUT2D eigenvalue weighted by Crippen LogP contribution is 2.21. The standard InChI is InChI=1S/C12H19BrN2/c1-3-4-7-15(2)9-10-5-6-11(14)8-12(10)13/h5-6,8H,3-4,7,9,14H2,1-2H3. The second kappa shape index (κ2) is 6.13. The molecule has 0 spiro atoms. The van der Waals surface area contributed by atoms with E-state index in [-0.39, 0.29) is 0 Å². The first-order valence-electron chi connectivity index (χ1n) is 5.36. The van der Waals surface area contributed by atoms with Gasteiger partial charge in [0.2, 0.25) is 0 Å². The second-order valence-corrected chi connectivity index (χ2v) is 4.80. The summed E-state index contributed by atoms with van der Waals surface area (Å²) in [5, 5.41) is 0. The predicted octanol–water partition coefficient (Wildman–Crippen LogP) is 3.26. The molecule has 0 atom stereocenters. The molecule has 0 amide bonds. The van der Waals surface area contributed by atoms with E-state index in [1.807, 2.05) is 12.1 Å². The van der Waals surface area contributed by atoms with Crippen molar-refractivity contribution in [3.05, 3.63) is 28.2 Å². The molecule has 1 aromatic carbocycles. The summed E-state index contributed by atoms with van der Waals surface area (Å²) in [5.74, 6) is 0. The lowest BCUT2D eigenvalue weighted by Crippen LogP contribution is -2.19. The monoisotopic (exact) mass is 270 g/mol. The van der Waals surface area contributed by atoms with E-state index >= 15 is 0 Å². The van der Waals surface area contributed by atoms with Crippen LogP contribution >= 0.6 is 15.9 Å². The van der Waals surface area contributed by atoms with Gasteiger partial charge in [0.1, 0.15) is 0 Å². The normalized spacial score (nSPS) is 10.9. The van der Waals surface area contributed by atoms with Gasteiger partial charge >= 0.3 is 0 Å². The van der Waals surface area contributed by atoms with Crippen molar-refractivity contribution >= 4 is 21.6 Å². The molecule has 0 aliphatic heterocycles. The van der Waals surface area contributed by atoms with Crippen molar-refractivity contribution in [2.75, 3.05) is 19.3 Å². The maximum absolute atomic E-state index is 5.69. The molecule has 0 fully saturated rings. The summed E-state index contributed by atoms with van der Waals surface area (Å²) >= 11 is 3.54. The minimum absolute atomic E-state index is 0.807. The zero-order chi connectivity index (χ0) is 11.3. The van der Waals surface area contributed by atoms with Gasteiger partial charge in [0, 0.05) is 16.7 Å². The van der Waals surface area contributed by atoms with E-state index in [1.54, 1.807) is 0 Å². The Hall–Kier alpha value is -0.540. The number of nitrogens with zero attached hydrogens (tertiary/aromatic N) is 1.